The first-order valence-corrected chi connectivity index (χ1v) is 11.6. The van der Waals surface area contributed by atoms with Crippen LogP contribution < -0.4 is 10.6 Å². The van der Waals surface area contributed by atoms with Crippen molar-refractivity contribution in [2.24, 2.45) is 11.8 Å². The fourth-order valence-electron chi connectivity index (χ4n) is 4.22. The molecule has 3 aromatic heterocycles. The van der Waals surface area contributed by atoms with Crippen LogP contribution in [0.5, 0.6) is 0 Å². The lowest BCUT2D eigenvalue weighted by atomic mass is 10.1. The van der Waals surface area contributed by atoms with Crippen LogP contribution in [0.3, 0.4) is 0 Å². The van der Waals surface area contributed by atoms with E-state index >= 15 is 0 Å². The molecule has 0 spiro atoms. The summed E-state index contributed by atoms with van der Waals surface area (Å²) < 4.78 is 1.12. The average Bonchev–Trinajstić information content (AvgIpc) is 3.28. The summed E-state index contributed by atoms with van der Waals surface area (Å²) in [5.74, 6) is 2.65. The molecule has 3 N–H and O–H groups in total. The van der Waals surface area contributed by atoms with Crippen molar-refractivity contribution in [1.29, 1.82) is 0 Å². The van der Waals surface area contributed by atoms with Gasteiger partial charge in [0.25, 0.3) is 0 Å². The summed E-state index contributed by atoms with van der Waals surface area (Å²) in [5.41, 5.74) is 3.78. The molecule has 2 atom stereocenters. The minimum absolute atomic E-state index is 0.256. The second kappa shape index (κ2) is 8.07. The Balaban J connectivity index is 1.52. The van der Waals surface area contributed by atoms with Gasteiger partial charge in [0.05, 0.1) is 21.7 Å². The van der Waals surface area contributed by atoms with Crippen LogP contribution in [-0.4, -0.2) is 44.2 Å². The van der Waals surface area contributed by atoms with E-state index in [-0.39, 0.29) is 6.61 Å². The first-order chi connectivity index (χ1) is 14.6. The van der Waals surface area contributed by atoms with E-state index < -0.39 is 0 Å². The topological polar surface area (TPSA) is 95.9 Å². The summed E-state index contributed by atoms with van der Waals surface area (Å²) in [6, 6.07) is 2.32. The van der Waals surface area contributed by atoms with E-state index in [4.69, 9.17) is 15.0 Å². The Kier molecular flexibility index (Phi) is 5.28. The number of hydrogen-bond acceptors (Lipinski definition) is 8. The number of aliphatic hydroxyl groups excluding tert-OH is 1. The van der Waals surface area contributed by atoms with Gasteiger partial charge in [0, 0.05) is 25.4 Å². The molecule has 0 aromatic carbocycles. The minimum atomic E-state index is 0.256. The molecule has 2 saturated carbocycles. The smallest absolute Gasteiger partial charge is 0.224 e. The molecule has 8 heteroatoms. The second-order valence-electron chi connectivity index (χ2n) is 8.65. The van der Waals surface area contributed by atoms with Gasteiger partial charge in [-0.25, -0.2) is 9.97 Å². The third-order valence-electron chi connectivity index (χ3n) is 6.18. The van der Waals surface area contributed by atoms with Crippen molar-refractivity contribution in [1.82, 2.24) is 19.9 Å². The largest absolute Gasteiger partial charge is 0.396 e. The van der Waals surface area contributed by atoms with Crippen LogP contribution in [0, 0.1) is 25.7 Å². The molecule has 30 heavy (non-hydrogen) atoms. The average molecular weight is 425 g/mol. The maximum absolute atomic E-state index is 9.53. The molecule has 0 aliphatic heterocycles. The number of anilines is 2. The number of aromatic nitrogens is 4. The van der Waals surface area contributed by atoms with Crippen LogP contribution in [0.15, 0.2) is 12.3 Å². The summed E-state index contributed by atoms with van der Waals surface area (Å²) in [6.07, 6.45) is 7.47. The van der Waals surface area contributed by atoms with Crippen LogP contribution in [0.25, 0.3) is 20.8 Å². The van der Waals surface area contributed by atoms with Gasteiger partial charge in [0.15, 0.2) is 0 Å². The van der Waals surface area contributed by atoms with Crippen molar-refractivity contribution in [3.8, 4) is 10.6 Å². The lowest BCUT2D eigenvalue weighted by Crippen LogP contribution is -2.19. The first kappa shape index (κ1) is 19.6. The number of rotatable bonds is 7. The van der Waals surface area contributed by atoms with E-state index in [1.54, 1.807) is 11.3 Å². The van der Waals surface area contributed by atoms with Crippen LogP contribution in [0.4, 0.5) is 11.8 Å². The molecule has 7 nitrogen and oxygen atoms in total. The molecular formula is C22H28N6OS. The zero-order valence-corrected chi connectivity index (χ0v) is 18.3. The molecule has 3 heterocycles. The van der Waals surface area contributed by atoms with E-state index in [1.807, 2.05) is 26.1 Å². The van der Waals surface area contributed by atoms with Gasteiger partial charge in [-0.05, 0) is 63.9 Å². The third kappa shape index (κ3) is 3.98. The normalized spacial score (nSPS) is 21.3. The highest BCUT2D eigenvalue weighted by Gasteiger charge is 2.27. The predicted octanol–water partition coefficient (Wildman–Crippen LogP) is 4.16. The number of nitrogens with zero attached hydrogens (tertiary/aromatic N) is 4. The number of nitrogens with one attached hydrogen (secondary N) is 2. The lowest BCUT2D eigenvalue weighted by molar-refractivity contribution is 0.229. The van der Waals surface area contributed by atoms with Gasteiger partial charge in [-0.3, -0.25) is 4.98 Å². The molecule has 2 aliphatic rings. The molecule has 2 aliphatic carbocycles. The summed E-state index contributed by atoms with van der Waals surface area (Å²) in [7, 11) is 0. The van der Waals surface area contributed by atoms with Gasteiger partial charge in [-0.2, -0.15) is 4.98 Å². The van der Waals surface area contributed by atoms with E-state index in [2.05, 4.69) is 15.6 Å². The van der Waals surface area contributed by atoms with Crippen LogP contribution in [0.2, 0.25) is 0 Å². The van der Waals surface area contributed by atoms with Gasteiger partial charge < -0.3 is 15.7 Å². The highest BCUT2D eigenvalue weighted by atomic mass is 32.1. The van der Waals surface area contributed by atoms with Crippen molar-refractivity contribution in [3.63, 3.8) is 0 Å². The monoisotopic (exact) mass is 424 g/mol. The molecule has 0 bridgehead atoms. The summed E-state index contributed by atoms with van der Waals surface area (Å²) in [6.45, 7) is 5.21. The number of pyridine rings is 1. The lowest BCUT2D eigenvalue weighted by Gasteiger charge is -2.18. The fourth-order valence-corrected chi connectivity index (χ4v) is 5.33. The van der Waals surface area contributed by atoms with Gasteiger partial charge in [-0.15, -0.1) is 11.3 Å². The molecule has 2 unspecified atom stereocenters. The first-order valence-electron chi connectivity index (χ1n) is 10.8. The number of thiazole rings is 1. The summed E-state index contributed by atoms with van der Waals surface area (Å²) in [5, 5.41) is 17.5. The summed E-state index contributed by atoms with van der Waals surface area (Å²) in [4.78, 5) is 18.9. The second-order valence-corrected chi connectivity index (χ2v) is 9.68. The van der Waals surface area contributed by atoms with Gasteiger partial charge in [-0.1, -0.05) is 0 Å². The van der Waals surface area contributed by atoms with Crippen LogP contribution >= 0.6 is 11.3 Å². The van der Waals surface area contributed by atoms with E-state index in [0.717, 1.165) is 69.7 Å². The molecule has 5 rings (SSSR count). The summed E-state index contributed by atoms with van der Waals surface area (Å²) >= 11 is 1.66. The van der Waals surface area contributed by atoms with Crippen molar-refractivity contribution in [3.05, 3.63) is 23.7 Å². The van der Waals surface area contributed by atoms with Crippen molar-refractivity contribution in [2.45, 2.75) is 52.0 Å². The molecule has 0 amide bonds. The predicted molar refractivity (Wildman–Crippen MR) is 121 cm³/mol. The Labute approximate surface area is 180 Å². The SMILES string of the molecule is Cc1nc(NCC2CC2)nc(NC2CCC(CO)C2)c1-c1nc2c(C)nccc2s1. The highest BCUT2D eigenvalue weighted by molar-refractivity contribution is 7.21. The maximum atomic E-state index is 9.53. The van der Waals surface area contributed by atoms with E-state index in [9.17, 15) is 5.11 Å². The quantitative estimate of drug-likeness (QED) is 0.524. The molecule has 3 aromatic rings. The number of aryl methyl sites for hydroxylation is 2. The van der Waals surface area contributed by atoms with Crippen molar-refractivity contribution < 1.29 is 5.11 Å². The fraction of sp³-hybridized carbons (Fsp3) is 0.545. The van der Waals surface area contributed by atoms with Crippen molar-refractivity contribution >= 4 is 33.3 Å². The highest BCUT2D eigenvalue weighted by Crippen LogP contribution is 2.38. The molecular weight excluding hydrogens is 396 g/mol. The Hall–Kier alpha value is -2.32. The third-order valence-corrected chi connectivity index (χ3v) is 7.22. The maximum Gasteiger partial charge on any atom is 0.224 e. The molecule has 0 radical (unpaired) electrons. The van der Waals surface area contributed by atoms with E-state index in [1.165, 1.54) is 12.8 Å². The Morgan fingerprint density at radius 1 is 1.07 bits per heavy atom. The van der Waals surface area contributed by atoms with Gasteiger partial charge >= 0.3 is 0 Å². The van der Waals surface area contributed by atoms with E-state index in [0.29, 0.717) is 17.9 Å². The van der Waals surface area contributed by atoms with Gasteiger partial charge in [0.1, 0.15) is 16.3 Å². The standard InChI is InChI=1S/C22H28N6OS/c1-12-18(21-27-19-13(2)23-8-7-17(19)30-21)20(26-16-6-5-15(9-16)11-29)28-22(25-12)24-10-14-3-4-14/h7-8,14-16,29H,3-6,9-11H2,1-2H3,(H2,24,25,26,28). The zero-order valence-electron chi connectivity index (χ0n) is 17.5. The number of fused-ring (bicyclic) bond motifs is 1. The zero-order chi connectivity index (χ0) is 20.7. The minimum Gasteiger partial charge on any atom is -0.396 e. The molecule has 0 saturated heterocycles. The Morgan fingerprint density at radius 2 is 1.90 bits per heavy atom. The van der Waals surface area contributed by atoms with Crippen molar-refractivity contribution in [2.75, 3.05) is 23.8 Å². The number of hydrogen-bond donors (Lipinski definition) is 3. The Morgan fingerprint density at radius 3 is 2.63 bits per heavy atom. The van der Waals surface area contributed by atoms with Crippen LogP contribution in [-0.2, 0) is 0 Å². The molecule has 2 fully saturated rings. The Bertz CT molecular complexity index is 1060. The molecule has 158 valence electrons. The van der Waals surface area contributed by atoms with Crippen LogP contribution in [0.1, 0.15) is 43.5 Å². The number of aliphatic hydroxyl groups is 1. The van der Waals surface area contributed by atoms with Gasteiger partial charge in [0.2, 0.25) is 5.95 Å².